The van der Waals surface area contributed by atoms with Gasteiger partial charge in [-0.1, -0.05) is 12.1 Å². The number of hydrogen-bond donors (Lipinski definition) is 2. The molecule has 8 nitrogen and oxygen atoms in total. The standard InChI is InChI=1S/C20H25N5O3/c1-24-17(15-13-22-19-14(15)4-3-5-18(19)27-2)12-16(23-24)20(26)21-6-7-25-8-10-28-11-9-25/h3-5,12-13,22H,6-11H2,1-2H3,(H,21,26). The van der Waals surface area contributed by atoms with Crippen LogP contribution in [0.25, 0.3) is 22.2 Å². The van der Waals surface area contributed by atoms with Gasteiger partial charge < -0.3 is 19.8 Å². The summed E-state index contributed by atoms with van der Waals surface area (Å²) in [5.74, 6) is 0.625. The number of carbonyl (C=O) groups is 1. The Hall–Kier alpha value is -2.84. The minimum Gasteiger partial charge on any atom is -0.495 e. The number of amides is 1. The highest BCUT2D eigenvalue weighted by atomic mass is 16.5. The Kier molecular flexibility index (Phi) is 5.31. The van der Waals surface area contributed by atoms with Crippen LogP contribution in [0.3, 0.4) is 0 Å². The van der Waals surface area contributed by atoms with E-state index in [-0.39, 0.29) is 5.91 Å². The Balaban J connectivity index is 1.48. The highest BCUT2D eigenvalue weighted by molar-refractivity contribution is 5.99. The van der Waals surface area contributed by atoms with E-state index in [9.17, 15) is 4.79 Å². The zero-order valence-corrected chi connectivity index (χ0v) is 16.2. The zero-order valence-electron chi connectivity index (χ0n) is 16.2. The fourth-order valence-electron chi connectivity index (χ4n) is 3.58. The number of hydrogen-bond acceptors (Lipinski definition) is 5. The van der Waals surface area contributed by atoms with Crippen LogP contribution in [0, 0.1) is 0 Å². The predicted octanol–water partition coefficient (Wildman–Crippen LogP) is 1.64. The summed E-state index contributed by atoms with van der Waals surface area (Å²) in [6.07, 6.45) is 1.92. The number of carbonyl (C=O) groups excluding carboxylic acids is 1. The van der Waals surface area contributed by atoms with Gasteiger partial charge in [0.2, 0.25) is 0 Å². The van der Waals surface area contributed by atoms with Crippen LogP contribution in [0.5, 0.6) is 5.75 Å². The van der Waals surface area contributed by atoms with E-state index in [1.54, 1.807) is 11.8 Å². The summed E-state index contributed by atoms with van der Waals surface area (Å²) in [6, 6.07) is 7.72. The lowest BCUT2D eigenvalue weighted by molar-refractivity contribution is 0.0383. The predicted molar refractivity (Wildman–Crippen MR) is 107 cm³/mol. The third-order valence-corrected chi connectivity index (χ3v) is 5.10. The van der Waals surface area contributed by atoms with Crippen molar-refractivity contribution >= 4 is 16.8 Å². The number of benzene rings is 1. The van der Waals surface area contributed by atoms with Crippen molar-refractivity contribution in [3.63, 3.8) is 0 Å². The lowest BCUT2D eigenvalue weighted by Crippen LogP contribution is -2.41. The molecule has 3 aromatic rings. The maximum absolute atomic E-state index is 12.5. The second-order valence-corrected chi connectivity index (χ2v) is 6.83. The largest absolute Gasteiger partial charge is 0.495 e. The van der Waals surface area contributed by atoms with Crippen molar-refractivity contribution in [1.82, 2.24) is 25.0 Å². The highest BCUT2D eigenvalue weighted by Gasteiger charge is 2.18. The van der Waals surface area contributed by atoms with Crippen molar-refractivity contribution in [2.45, 2.75) is 0 Å². The number of morpholine rings is 1. The summed E-state index contributed by atoms with van der Waals surface area (Å²) in [4.78, 5) is 18.1. The SMILES string of the molecule is COc1cccc2c(-c3cc(C(=O)NCCN4CCOCC4)nn3C)c[nH]c12. The molecule has 2 aromatic heterocycles. The molecule has 1 aliphatic rings. The molecule has 148 valence electrons. The van der Waals surface area contributed by atoms with Gasteiger partial charge in [0.1, 0.15) is 5.75 Å². The van der Waals surface area contributed by atoms with Crippen molar-refractivity contribution < 1.29 is 14.3 Å². The third-order valence-electron chi connectivity index (χ3n) is 5.10. The topological polar surface area (TPSA) is 84.4 Å². The highest BCUT2D eigenvalue weighted by Crippen LogP contribution is 2.33. The lowest BCUT2D eigenvalue weighted by Gasteiger charge is -2.26. The first-order chi connectivity index (χ1) is 13.7. The van der Waals surface area contributed by atoms with Gasteiger partial charge in [-0.15, -0.1) is 0 Å². The molecule has 28 heavy (non-hydrogen) atoms. The van der Waals surface area contributed by atoms with Crippen LogP contribution in [0.1, 0.15) is 10.5 Å². The van der Waals surface area contributed by atoms with Gasteiger partial charge in [0, 0.05) is 50.4 Å². The van der Waals surface area contributed by atoms with Gasteiger partial charge in [0.15, 0.2) is 5.69 Å². The normalized spacial score (nSPS) is 15.1. The molecule has 0 radical (unpaired) electrons. The van der Waals surface area contributed by atoms with Crippen molar-refractivity contribution in [2.24, 2.45) is 7.05 Å². The van der Waals surface area contributed by atoms with Gasteiger partial charge in [-0.05, 0) is 12.1 Å². The summed E-state index contributed by atoms with van der Waals surface area (Å²) >= 11 is 0. The summed E-state index contributed by atoms with van der Waals surface area (Å²) in [5, 5.41) is 8.40. The molecule has 0 aliphatic carbocycles. The van der Waals surface area contributed by atoms with Crippen molar-refractivity contribution in [1.29, 1.82) is 0 Å². The fraction of sp³-hybridized carbons (Fsp3) is 0.400. The van der Waals surface area contributed by atoms with Gasteiger partial charge in [-0.2, -0.15) is 5.10 Å². The molecule has 0 atom stereocenters. The van der Waals surface area contributed by atoms with Gasteiger partial charge in [-0.3, -0.25) is 14.4 Å². The molecule has 1 fully saturated rings. The van der Waals surface area contributed by atoms with Crippen LogP contribution in [-0.2, 0) is 11.8 Å². The Morgan fingerprint density at radius 2 is 2.18 bits per heavy atom. The molecule has 0 bridgehead atoms. The van der Waals surface area contributed by atoms with Crippen LogP contribution in [0.15, 0.2) is 30.5 Å². The number of methoxy groups -OCH3 is 1. The van der Waals surface area contributed by atoms with Crippen molar-refractivity contribution in [3.05, 3.63) is 36.2 Å². The summed E-state index contributed by atoms with van der Waals surface area (Å²) in [7, 11) is 3.50. The number of aromatic amines is 1. The molecule has 0 spiro atoms. The van der Waals surface area contributed by atoms with Gasteiger partial charge in [0.25, 0.3) is 5.91 Å². The monoisotopic (exact) mass is 383 g/mol. The Morgan fingerprint density at radius 1 is 1.36 bits per heavy atom. The average Bonchev–Trinajstić information content (AvgIpc) is 3.32. The van der Waals surface area contributed by atoms with Crippen LogP contribution in [-0.4, -0.2) is 72.1 Å². The van der Waals surface area contributed by atoms with E-state index >= 15 is 0 Å². The van der Waals surface area contributed by atoms with Crippen LogP contribution in [0.4, 0.5) is 0 Å². The van der Waals surface area contributed by atoms with Crippen LogP contribution in [0.2, 0.25) is 0 Å². The Bertz CT molecular complexity index is 972. The number of nitrogens with zero attached hydrogens (tertiary/aromatic N) is 3. The lowest BCUT2D eigenvalue weighted by atomic mass is 10.1. The summed E-state index contributed by atoms with van der Waals surface area (Å²) < 4.78 is 12.5. The van der Waals surface area contributed by atoms with Crippen LogP contribution < -0.4 is 10.1 Å². The minimum atomic E-state index is -0.160. The average molecular weight is 383 g/mol. The van der Waals surface area contributed by atoms with E-state index in [0.29, 0.717) is 12.2 Å². The second-order valence-electron chi connectivity index (χ2n) is 6.83. The van der Waals surface area contributed by atoms with Crippen molar-refractivity contribution in [3.8, 4) is 17.0 Å². The molecule has 1 aromatic carbocycles. The Morgan fingerprint density at radius 3 is 2.96 bits per heavy atom. The number of fused-ring (bicyclic) bond motifs is 1. The third kappa shape index (κ3) is 3.61. The molecular formula is C20H25N5O3. The second kappa shape index (κ2) is 8.04. The van der Waals surface area contributed by atoms with E-state index in [1.165, 1.54) is 0 Å². The minimum absolute atomic E-state index is 0.160. The van der Waals surface area contributed by atoms with E-state index in [0.717, 1.165) is 60.8 Å². The smallest absolute Gasteiger partial charge is 0.271 e. The molecule has 0 unspecified atom stereocenters. The number of rotatable bonds is 6. The first-order valence-corrected chi connectivity index (χ1v) is 9.44. The Labute approximate surface area is 163 Å². The van der Waals surface area contributed by atoms with E-state index < -0.39 is 0 Å². The molecule has 8 heteroatoms. The zero-order chi connectivity index (χ0) is 19.5. The number of para-hydroxylation sites is 1. The molecule has 1 saturated heterocycles. The van der Waals surface area contributed by atoms with Gasteiger partial charge in [0.05, 0.1) is 31.5 Å². The molecule has 3 heterocycles. The first kappa shape index (κ1) is 18.5. The number of ether oxygens (including phenoxy) is 2. The van der Waals surface area contributed by atoms with E-state index in [4.69, 9.17) is 9.47 Å². The summed E-state index contributed by atoms with van der Waals surface area (Å²) in [5.41, 5.74) is 3.20. The number of aryl methyl sites for hydroxylation is 1. The maximum Gasteiger partial charge on any atom is 0.271 e. The number of nitrogens with one attached hydrogen (secondary N) is 2. The fourth-order valence-corrected chi connectivity index (χ4v) is 3.58. The molecule has 1 aliphatic heterocycles. The van der Waals surface area contributed by atoms with E-state index in [2.05, 4.69) is 20.3 Å². The van der Waals surface area contributed by atoms with Gasteiger partial charge >= 0.3 is 0 Å². The van der Waals surface area contributed by atoms with Crippen LogP contribution >= 0.6 is 0 Å². The maximum atomic E-state index is 12.5. The number of H-pyrrole nitrogens is 1. The molecular weight excluding hydrogens is 358 g/mol. The summed E-state index contributed by atoms with van der Waals surface area (Å²) in [6.45, 7) is 4.74. The molecule has 4 rings (SSSR count). The van der Waals surface area contributed by atoms with Crippen molar-refractivity contribution in [2.75, 3.05) is 46.5 Å². The quantitative estimate of drug-likeness (QED) is 0.676. The first-order valence-electron chi connectivity index (χ1n) is 9.44. The van der Waals surface area contributed by atoms with E-state index in [1.807, 2.05) is 37.5 Å². The number of aromatic nitrogens is 3. The molecule has 2 N–H and O–H groups in total. The molecule has 0 saturated carbocycles. The van der Waals surface area contributed by atoms with Gasteiger partial charge in [-0.25, -0.2) is 0 Å². The molecule has 1 amide bonds.